The molecular formula is C23H42F3MoNO2. The first-order valence-corrected chi connectivity index (χ1v) is 13.0. The van der Waals surface area contributed by atoms with E-state index in [1.54, 1.807) is 20.8 Å². The van der Waals surface area contributed by atoms with E-state index in [9.17, 15) is 13.2 Å². The zero-order valence-corrected chi connectivity index (χ0v) is 21.9. The van der Waals surface area contributed by atoms with E-state index in [1.807, 2.05) is 0 Å². The van der Waals surface area contributed by atoms with Gasteiger partial charge in [0, 0.05) is 0 Å². The number of rotatable bonds is 1. The molecule has 0 aliphatic heterocycles. The van der Waals surface area contributed by atoms with Crippen molar-refractivity contribution in [2.75, 3.05) is 0 Å². The van der Waals surface area contributed by atoms with E-state index in [-0.39, 0.29) is 17.9 Å². The standard InChI is InChI=1S/C10H15N.C5H10.C4H7F3O.C4H10O.Mo/c11-10-4-7-1-8(5-10)3-9(2-7)6-10;1-5(2,3)4;1-3(2,8)4(5,6)7;1-4(2,3)5;/h7-9H,1-6H2;1H,2-4H3;8H,1-2H3;5H,1-3H3;. The first-order valence-electron chi connectivity index (χ1n) is 10.9. The molecule has 4 saturated carbocycles. The number of hydrogen-bond acceptors (Lipinski definition) is 3. The zero-order valence-electron chi connectivity index (χ0n) is 19.9. The number of alkyl halides is 3. The molecule has 0 radical (unpaired) electrons. The summed E-state index contributed by atoms with van der Waals surface area (Å²) in [6.07, 6.45) is 4.45. The van der Waals surface area contributed by atoms with E-state index in [2.05, 4.69) is 25.2 Å². The largest absolute Gasteiger partial charge is 0.416 e. The summed E-state index contributed by atoms with van der Waals surface area (Å²) in [5.41, 5.74) is -2.21. The molecule has 4 aliphatic rings. The molecule has 0 saturated heterocycles. The Morgan fingerprint density at radius 1 is 0.800 bits per heavy atom. The number of halogens is 3. The molecule has 0 aromatic heterocycles. The van der Waals surface area contributed by atoms with E-state index < -0.39 is 17.4 Å². The van der Waals surface area contributed by atoms with E-state index in [1.165, 1.54) is 38.5 Å². The topological polar surface area (TPSA) is 52.8 Å². The van der Waals surface area contributed by atoms with Gasteiger partial charge in [-0.1, -0.05) is 0 Å². The summed E-state index contributed by atoms with van der Waals surface area (Å²) in [5, 5.41) is 16.8. The molecule has 0 heterocycles. The molecule has 178 valence electrons. The summed E-state index contributed by atoms with van der Waals surface area (Å²) >= 11 is -0.214. The van der Waals surface area contributed by atoms with Crippen molar-refractivity contribution in [2.45, 2.75) is 117 Å². The van der Waals surface area contributed by atoms with Crippen LogP contribution >= 0.6 is 0 Å². The molecule has 0 unspecified atom stereocenters. The van der Waals surface area contributed by atoms with Gasteiger partial charge in [-0.2, -0.15) is 13.2 Å². The van der Waals surface area contributed by atoms with Crippen molar-refractivity contribution >= 4 is 4.40 Å². The fourth-order valence-corrected chi connectivity index (χ4v) is 6.48. The van der Waals surface area contributed by atoms with Gasteiger partial charge in [0.15, 0.2) is 5.60 Å². The van der Waals surface area contributed by atoms with Crippen LogP contribution in [0.4, 0.5) is 13.2 Å². The Balaban J connectivity index is 0.000000291. The average Bonchev–Trinajstić information content (AvgIpc) is 2.40. The molecule has 0 aromatic carbocycles. The summed E-state index contributed by atoms with van der Waals surface area (Å²) < 4.78 is 41.7. The predicted octanol–water partition coefficient (Wildman–Crippen LogP) is 6.17. The van der Waals surface area contributed by atoms with Crippen LogP contribution in [0.5, 0.6) is 0 Å². The first kappa shape index (κ1) is 28.1. The summed E-state index contributed by atoms with van der Waals surface area (Å²) in [5.74, 6) is 3.14. The third kappa shape index (κ3) is 10.6. The maximum absolute atomic E-state index is 11.3. The van der Waals surface area contributed by atoms with Crippen LogP contribution in [0.1, 0.15) is 93.9 Å². The van der Waals surface area contributed by atoms with Crippen molar-refractivity contribution in [2.24, 2.45) is 26.7 Å². The van der Waals surface area contributed by atoms with Crippen molar-refractivity contribution in [3.05, 3.63) is 0 Å². The second-order valence-corrected chi connectivity index (χ2v) is 13.6. The second kappa shape index (κ2) is 9.91. The monoisotopic (exact) mass is 519 g/mol. The number of aliphatic hydroxyl groups is 2. The van der Waals surface area contributed by atoms with Crippen LogP contribution < -0.4 is 0 Å². The van der Waals surface area contributed by atoms with Gasteiger partial charge in [0.25, 0.3) is 0 Å². The summed E-state index contributed by atoms with van der Waals surface area (Å²) in [4.78, 5) is 0. The molecule has 2 N–H and O–H groups in total. The fourth-order valence-electron chi connectivity index (χ4n) is 4.47. The molecule has 30 heavy (non-hydrogen) atoms. The molecule has 0 atom stereocenters. The van der Waals surface area contributed by atoms with Gasteiger partial charge in [-0.25, -0.2) is 0 Å². The normalized spacial score (nSPS) is 30.5. The van der Waals surface area contributed by atoms with Crippen molar-refractivity contribution in [1.29, 1.82) is 0 Å². The molecule has 4 fully saturated rings. The fraction of sp³-hybridized carbons (Fsp3) is 0.957. The Morgan fingerprint density at radius 2 is 1.10 bits per heavy atom. The molecule has 3 nitrogen and oxygen atoms in total. The molecule has 0 aromatic rings. The Labute approximate surface area is 189 Å². The minimum Gasteiger partial charge on any atom is -0.381 e. The van der Waals surface area contributed by atoms with Gasteiger partial charge in [0.2, 0.25) is 0 Å². The summed E-state index contributed by atoms with van der Waals surface area (Å²) in [6, 6.07) is 0. The van der Waals surface area contributed by atoms with Gasteiger partial charge in [-0.15, -0.1) is 0 Å². The third-order valence-corrected chi connectivity index (χ3v) is 8.56. The Morgan fingerprint density at radius 3 is 1.33 bits per heavy atom. The molecule has 0 spiro atoms. The predicted molar refractivity (Wildman–Crippen MR) is 113 cm³/mol. The van der Waals surface area contributed by atoms with E-state index in [0.29, 0.717) is 24.8 Å². The second-order valence-electron chi connectivity index (χ2n) is 12.1. The molecule has 7 heteroatoms. The van der Waals surface area contributed by atoms with Gasteiger partial charge >= 0.3 is 120 Å². The van der Waals surface area contributed by atoms with Gasteiger partial charge < -0.3 is 10.2 Å². The van der Waals surface area contributed by atoms with Crippen LogP contribution in [0.3, 0.4) is 0 Å². The van der Waals surface area contributed by atoms with Crippen molar-refractivity contribution in [3.8, 4) is 0 Å². The molecular weight excluding hydrogens is 475 g/mol. The van der Waals surface area contributed by atoms with Gasteiger partial charge in [-0.05, 0) is 34.6 Å². The summed E-state index contributed by atoms with van der Waals surface area (Å²) in [6.45, 7) is 13.6. The average molecular weight is 518 g/mol. The van der Waals surface area contributed by atoms with Crippen molar-refractivity contribution in [1.82, 2.24) is 0 Å². The molecule has 4 aliphatic carbocycles. The maximum Gasteiger partial charge on any atom is 0.416 e. The third-order valence-electron chi connectivity index (χ3n) is 5.35. The number of hydrogen-bond donors (Lipinski definition) is 2. The first-order chi connectivity index (χ1) is 13.2. The number of nitrogens with zero attached hydrogens (tertiary/aromatic N) is 1. The van der Waals surface area contributed by atoms with E-state index in [0.717, 1.165) is 17.8 Å². The minimum absolute atomic E-state index is 0.214. The minimum atomic E-state index is -4.51. The SMILES string of the molecule is CC(C)(C)O.CC(C)(C)[CH]=[Mo]=[N]C12CC3CC(CC(C3)C1)C2.CC(C)(O)C(F)(F)F. The Kier molecular flexibility index (Phi) is 9.28. The Hall–Kier alpha value is 0.0683. The van der Waals surface area contributed by atoms with Crippen LogP contribution in [0.2, 0.25) is 0 Å². The smallest absolute Gasteiger partial charge is 0.381 e. The van der Waals surface area contributed by atoms with Crippen LogP contribution in [0.25, 0.3) is 0 Å². The van der Waals surface area contributed by atoms with Gasteiger partial charge in [0.1, 0.15) is 0 Å². The van der Waals surface area contributed by atoms with Crippen molar-refractivity contribution in [3.63, 3.8) is 0 Å². The van der Waals surface area contributed by atoms with Gasteiger partial charge in [0.05, 0.1) is 5.60 Å². The quantitative estimate of drug-likeness (QED) is 0.409. The van der Waals surface area contributed by atoms with E-state index in [4.69, 9.17) is 13.7 Å². The Bertz CT molecular complexity index is 565. The summed E-state index contributed by atoms with van der Waals surface area (Å²) in [7, 11) is 0. The van der Waals surface area contributed by atoms with Crippen LogP contribution in [-0.2, 0) is 17.9 Å². The molecule has 0 amide bonds. The maximum atomic E-state index is 11.3. The molecule has 4 bridgehead atoms. The van der Waals surface area contributed by atoms with Gasteiger partial charge in [-0.3, -0.25) is 0 Å². The molecule has 4 rings (SSSR count). The van der Waals surface area contributed by atoms with Crippen molar-refractivity contribution < 1.29 is 41.3 Å². The zero-order chi connectivity index (χ0) is 23.6. The van der Waals surface area contributed by atoms with E-state index >= 15 is 0 Å². The van der Waals surface area contributed by atoms with Crippen LogP contribution in [0.15, 0.2) is 3.50 Å². The van der Waals surface area contributed by atoms with Crippen LogP contribution in [0, 0.1) is 23.2 Å². The van der Waals surface area contributed by atoms with Crippen LogP contribution in [-0.4, -0.2) is 37.5 Å².